The first-order chi connectivity index (χ1) is 6.65. The Labute approximate surface area is 97.8 Å². The fourth-order valence-corrected chi connectivity index (χ4v) is 4.43. The van der Waals surface area contributed by atoms with Crippen molar-refractivity contribution in [1.29, 1.82) is 0 Å². The van der Waals surface area contributed by atoms with Gasteiger partial charge in [-0.15, -0.1) is 11.3 Å². The normalized spacial score (nSPS) is 26.3. The highest BCUT2D eigenvalue weighted by Crippen LogP contribution is 2.44. The number of nitrogens with two attached hydrogens (primary N) is 1. The maximum Gasteiger partial charge on any atom is 0.0749 e. The lowest BCUT2D eigenvalue weighted by Gasteiger charge is -2.27. The van der Waals surface area contributed by atoms with Crippen LogP contribution in [0.15, 0.2) is 3.79 Å². The molecule has 2 unspecified atom stereocenters. The molecule has 0 aliphatic heterocycles. The Hall–Kier alpha value is 0.140. The average molecular weight is 274 g/mol. The molecule has 2 atom stereocenters. The molecule has 2 N–H and O–H groups in total. The molecule has 0 bridgehead atoms. The maximum atomic E-state index is 5.80. The van der Waals surface area contributed by atoms with Crippen LogP contribution in [-0.4, -0.2) is 0 Å². The summed E-state index contributed by atoms with van der Waals surface area (Å²) in [6.07, 6.45) is 2.56. The van der Waals surface area contributed by atoms with Crippen LogP contribution in [0.25, 0.3) is 0 Å². The molecule has 1 aliphatic carbocycles. The Morgan fingerprint density at radius 1 is 1.50 bits per heavy atom. The summed E-state index contributed by atoms with van der Waals surface area (Å²) in [6.45, 7) is 5.35. The van der Waals surface area contributed by atoms with Gasteiger partial charge in [0.25, 0.3) is 0 Å². The predicted octanol–water partition coefficient (Wildman–Crippen LogP) is 3.66. The van der Waals surface area contributed by atoms with Gasteiger partial charge in [-0.2, -0.15) is 0 Å². The van der Waals surface area contributed by atoms with Crippen LogP contribution in [0.4, 0.5) is 0 Å². The average Bonchev–Trinajstić information content (AvgIpc) is 2.48. The van der Waals surface area contributed by atoms with Gasteiger partial charge in [-0.05, 0) is 51.7 Å². The summed E-state index contributed by atoms with van der Waals surface area (Å²) < 4.78 is 1.26. The van der Waals surface area contributed by atoms with E-state index in [0.29, 0.717) is 12.5 Å². The van der Waals surface area contributed by atoms with Crippen molar-refractivity contribution in [3.8, 4) is 0 Å². The first kappa shape index (κ1) is 10.7. The SMILES string of the molecule is CC1CCc2sc(Br)c(CN)c2C1C. The van der Waals surface area contributed by atoms with Crippen molar-refractivity contribution in [3.63, 3.8) is 0 Å². The van der Waals surface area contributed by atoms with Crippen LogP contribution in [-0.2, 0) is 13.0 Å². The predicted molar refractivity (Wildman–Crippen MR) is 65.8 cm³/mol. The first-order valence-corrected chi connectivity index (χ1v) is 6.76. The summed E-state index contributed by atoms with van der Waals surface area (Å²) >= 11 is 5.51. The van der Waals surface area contributed by atoms with E-state index in [1.807, 2.05) is 11.3 Å². The number of thiophene rings is 1. The molecule has 14 heavy (non-hydrogen) atoms. The second-order valence-electron chi connectivity index (χ2n) is 4.20. The van der Waals surface area contributed by atoms with Gasteiger partial charge in [0.2, 0.25) is 0 Å². The highest BCUT2D eigenvalue weighted by atomic mass is 79.9. The third-order valence-electron chi connectivity index (χ3n) is 3.42. The van der Waals surface area contributed by atoms with Gasteiger partial charge >= 0.3 is 0 Å². The molecule has 0 aromatic carbocycles. The number of aryl methyl sites for hydroxylation is 1. The minimum absolute atomic E-state index is 0.670. The molecule has 0 fully saturated rings. The van der Waals surface area contributed by atoms with Gasteiger partial charge in [0.05, 0.1) is 3.79 Å². The molecular weight excluding hydrogens is 258 g/mol. The number of fused-ring (bicyclic) bond motifs is 1. The Morgan fingerprint density at radius 3 is 2.86 bits per heavy atom. The van der Waals surface area contributed by atoms with E-state index >= 15 is 0 Å². The van der Waals surface area contributed by atoms with Gasteiger partial charge in [-0.25, -0.2) is 0 Å². The summed E-state index contributed by atoms with van der Waals surface area (Å²) in [6, 6.07) is 0. The first-order valence-electron chi connectivity index (χ1n) is 5.15. The molecule has 1 aromatic rings. The molecule has 0 saturated carbocycles. The third kappa shape index (κ3) is 1.55. The van der Waals surface area contributed by atoms with E-state index in [1.165, 1.54) is 22.2 Å². The van der Waals surface area contributed by atoms with Crippen LogP contribution in [0.2, 0.25) is 0 Å². The number of hydrogen-bond acceptors (Lipinski definition) is 2. The minimum atomic E-state index is 0.670. The van der Waals surface area contributed by atoms with E-state index in [9.17, 15) is 0 Å². The summed E-state index contributed by atoms with van der Waals surface area (Å²) in [7, 11) is 0. The summed E-state index contributed by atoms with van der Waals surface area (Å²) in [4.78, 5) is 1.56. The molecule has 0 amide bonds. The second kappa shape index (κ2) is 3.95. The van der Waals surface area contributed by atoms with Gasteiger partial charge in [0.1, 0.15) is 0 Å². The smallest absolute Gasteiger partial charge is 0.0749 e. The van der Waals surface area contributed by atoms with Crippen LogP contribution < -0.4 is 5.73 Å². The van der Waals surface area contributed by atoms with Gasteiger partial charge in [-0.1, -0.05) is 13.8 Å². The quantitative estimate of drug-likeness (QED) is 0.831. The topological polar surface area (TPSA) is 26.0 Å². The van der Waals surface area contributed by atoms with Crippen molar-refractivity contribution in [2.45, 2.75) is 39.2 Å². The van der Waals surface area contributed by atoms with Crippen molar-refractivity contribution in [1.82, 2.24) is 0 Å². The van der Waals surface area contributed by atoms with Crippen molar-refractivity contribution >= 4 is 27.3 Å². The molecule has 0 saturated heterocycles. The molecule has 1 aliphatic rings. The lowest BCUT2D eigenvalue weighted by atomic mass is 9.79. The zero-order valence-electron chi connectivity index (χ0n) is 8.64. The van der Waals surface area contributed by atoms with Crippen molar-refractivity contribution < 1.29 is 0 Å². The molecular formula is C11H16BrNS. The Morgan fingerprint density at radius 2 is 2.21 bits per heavy atom. The van der Waals surface area contributed by atoms with Crippen molar-refractivity contribution in [2.75, 3.05) is 0 Å². The largest absolute Gasteiger partial charge is 0.326 e. The van der Waals surface area contributed by atoms with Crippen LogP contribution in [0.5, 0.6) is 0 Å². The minimum Gasteiger partial charge on any atom is -0.326 e. The monoisotopic (exact) mass is 273 g/mol. The summed E-state index contributed by atoms with van der Waals surface area (Å²) in [5.41, 5.74) is 8.70. The van der Waals surface area contributed by atoms with E-state index in [2.05, 4.69) is 29.8 Å². The molecule has 1 nitrogen and oxygen atoms in total. The van der Waals surface area contributed by atoms with Crippen molar-refractivity contribution in [3.05, 3.63) is 19.8 Å². The van der Waals surface area contributed by atoms with E-state index in [0.717, 1.165) is 5.92 Å². The molecule has 0 radical (unpaired) electrons. The number of hydrogen-bond donors (Lipinski definition) is 1. The number of rotatable bonds is 1. The van der Waals surface area contributed by atoms with Gasteiger partial charge < -0.3 is 5.73 Å². The van der Waals surface area contributed by atoms with Crippen LogP contribution in [0.3, 0.4) is 0 Å². The van der Waals surface area contributed by atoms with E-state index in [1.54, 1.807) is 10.4 Å². The molecule has 2 rings (SSSR count). The highest BCUT2D eigenvalue weighted by Gasteiger charge is 2.28. The Balaban J connectivity index is 2.50. The summed E-state index contributed by atoms with van der Waals surface area (Å²) in [5.74, 6) is 1.48. The molecule has 1 heterocycles. The van der Waals surface area contributed by atoms with E-state index in [4.69, 9.17) is 5.73 Å². The third-order valence-corrected chi connectivity index (χ3v) is 5.48. The molecule has 3 heteroatoms. The Kier molecular flexibility index (Phi) is 3.01. The lowest BCUT2D eigenvalue weighted by molar-refractivity contribution is 0.428. The van der Waals surface area contributed by atoms with Gasteiger partial charge in [0, 0.05) is 11.4 Å². The second-order valence-corrected chi connectivity index (χ2v) is 6.62. The standard InChI is InChI=1S/C11H16BrNS/c1-6-3-4-9-10(7(6)2)8(5-13)11(12)14-9/h6-7H,3-5,13H2,1-2H3. The maximum absolute atomic E-state index is 5.80. The fourth-order valence-electron chi connectivity index (χ4n) is 2.30. The fraction of sp³-hybridized carbons (Fsp3) is 0.636. The lowest BCUT2D eigenvalue weighted by Crippen LogP contribution is -2.16. The Bertz CT molecular complexity index is 345. The zero-order valence-corrected chi connectivity index (χ0v) is 11.0. The zero-order chi connectivity index (χ0) is 10.3. The van der Waals surface area contributed by atoms with E-state index in [-0.39, 0.29) is 0 Å². The van der Waals surface area contributed by atoms with Gasteiger partial charge in [-0.3, -0.25) is 0 Å². The van der Waals surface area contributed by atoms with Gasteiger partial charge in [0.15, 0.2) is 0 Å². The molecule has 78 valence electrons. The van der Waals surface area contributed by atoms with Crippen LogP contribution in [0.1, 0.15) is 42.2 Å². The van der Waals surface area contributed by atoms with E-state index < -0.39 is 0 Å². The van der Waals surface area contributed by atoms with Crippen LogP contribution >= 0.6 is 27.3 Å². The highest BCUT2D eigenvalue weighted by molar-refractivity contribution is 9.11. The van der Waals surface area contributed by atoms with Crippen LogP contribution in [0, 0.1) is 5.92 Å². The molecule has 0 spiro atoms. The number of halogens is 1. The molecule has 1 aromatic heterocycles. The summed E-state index contributed by atoms with van der Waals surface area (Å²) in [5, 5.41) is 0. The van der Waals surface area contributed by atoms with Crippen molar-refractivity contribution in [2.24, 2.45) is 11.7 Å².